The van der Waals surface area contributed by atoms with E-state index < -0.39 is 11.6 Å². The molecule has 4 heteroatoms. The highest BCUT2D eigenvalue weighted by atomic mass is 19.1. The van der Waals surface area contributed by atoms with Crippen molar-refractivity contribution in [3.8, 4) is 0 Å². The Morgan fingerprint density at radius 1 is 1.21 bits per heavy atom. The number of hydrogen-bond acceptors (Lipinski definition) is 2. The Balaban J connectivity index is 2.31. The predicted molar refractivity (Wildman–Crippen MR) is 72.8 cm³/mol. The summed E-state index contributed by atoms with van der Waals surface area (Å²) in [6.07, 6.45) is 3.19. The van der Waals surface area contributed by atoms with E-state index in [0.29, 0.717) is 5.56 Å². The third kappa shape index (κ3) is 2.79. The number of benzene rings is 1. The minimum Gasteiger partial charge on any atom is -0.322 e. The molecule has 1 aromatic rings. The smallest absolute Gasteiger partial charge is 0.126 e. The van der Waals surface area contributed by atoms with Gasteiger partial charge in [-0.3, -0.25) is 4.90 Å². The van der Waals surface area contributed by atoms with Crippen molar-refractivity contribution in [1.29, 1.82) is 0 Å². The van der Waals surface area contributed by atoms with Gasteiger partial charge in [0, 0.05) is 17.6 Å². The summed E-state index contributed by atoms with van der Waals surface area (Å²) in [5.41, 5.74) is 6.61. The maximum atomic E-state index is 13.3. The van der Waals surface area contributed by atoms with Crippen LogP contribution in [0.1, 0.15) is 44.7 Å². The molecule has 2 N–H and O–H groups in total. The number of hydrogen-bond donors (Lipinski definition) is 1. The Labute approximate surface area is 113 Å². The third-order valence-electron chi connectivity index (χ3n) is 4.46. The van der Waals surface area contributed by atoms with Crippen LogP contribution in [0.25, 0.3) is 0 Å². The van der Waals surface area contributed by atoms with Gasteiger partial charge in [0.25, 0.3) is 0 Å². The molecule has 0 spiro atoms. The molecule has 1 aliphatic rings. The summed E-state index contributed by atoms with van der Waals surface area (Å²) in [4.78, 5) is 2.35. The number of nitrogens with zero attached hydrogens (tertiary/aromatic N) is 1. The molecule has 0 aromatic heterocycles. The lowest BCUT2D eigenvalue weighted by molar-refractivity contribution is 0.0998. The minimum atomic E-state index is -0.565. The van der Waals surface area contributed by atoms with E-state index in [9.17, 15) is 8.78 Å². The lowest BCUT2D eigenvalue weighted by Crippen LogP contribution is -2.51. The zero-order valence-electron chi connectivity index (χ0n) is 11.6. The maximum absolute atomic E-state index is 13.3. The molecular weight excluding hydrogens is 246 g/mol. The molecule has 106 valence electrons. The summed E-state index contributed by atoms with van der Waals surface area (Å²) < 4.78 is 26.7. The van der Waals surface area contributed by atoms with Crippen molar-refractivity contribution in [3.05, 3.63) is 35.4 Å². The molecule has 0 bridgehead atoms. The largest absolute Gasteiger partial charge is 0.322 e. The Morgan fingerprint density at radius 2 is 1.74 bits per heavy atom. The normalized spacial score (nSPS) is 21.3. The molecule has 2 atom stereocenters. The van der Waals surface area contributed by atoms with Crippen LogP contribution in [0.15, 0.2) is 18.2 Å². The van der Waals surface area contributed by atoms with Gasteiger partial charge in [0.2, 0.25) is 0 Å². The van der Waals surface area contributed by atoms with Crippen LogP contribution in [0.2, 0.25) is 0 Å². The standard InChI is InChI=1S/C15H22F2N2/c1-3-15(2,19-6-4-5-7-19)14(18)11-8-12(16)10-13(17)9-11/h8-10,14H,3-7,18H2,1-2H3. The van der Waals surface area contributed by atoms with Gasteiger partial charge in [-0.05, 0) is 57.0 Å². The molecule has 0 saturated carbocycles. The Morgan fingerprint density at radius 3 is 2.21 bits per heavy atom. The number of rotatable bonds is 4. The highest BCUT2D eigenvalue weighted by molar-refractivity contribution is 5.24. The Bertz CT molecular complexity index is 424. The summed E-state index contributed by atoms with van der Waals surface area (Å²) in [6.45, 7) is 6.19. The van der Waals surface area contributed by atoms with Crippen molar-refractivity contribution in [3.63, 3.8) is 0 Å². The molecule has 1 aromatic carbocycles. The van der Waals surface area contributed by atoms with Gasteiger partial charge in [-0.1, -0.05) is 6.92 Å². The first-order valence-electron chi connectivity index (χ1n) is 6.94. The molecule has 19 heavy (non-hydrogen) atoms. The van der Waals surface area contributed by atoms with Gasteiger partial charge in [0.15, 0.2) is 0 Å². The van der Waals surface area contributed by atoms with Gasteiger partial charge < -0.3 is 5.73 Å². The van der Waals surface area contributed by atoms with Crippen LogP contribution in [-0.4, -0.2) is 23.5 Å². The first kappa shape index (κ1) is 14.4. The first-order chi connectivity index (χ1) is 8.97. The van der Waals surface area contributed by atoms with E-state index in [-0.39, 0.29) is 11.6 Å². The van der Waals surface area contributed by atoms with Crippen molar-refractivity contribution in [2.45, 2.75) is 44.7 Å². The summed E-state index contributed by atoms with van der Waals surface area (Å²) in [6, 6.07) is 3.19. The van der Waals surface area contributed by atoms with E-state index in [0.717, 1.165) is 25.6 Å². The van der Waals surface area contributed by atoms with Crippen molar-refractivity contribution >= 4 is 0 Å². The van der Waals surface area contributed by atoms with Gasteiger partial charge in [-0.15, -0.1) is 0 Å². The minimum absolute atomic E-state index is 0.253. The van der Waals surface area contributed by atoms with Crippen molar-refractivity contribution < 1.29 is 8.78 Å². The third-order valence-corrected chi connectivity index (χ3v) is 4.46. The van der Waals surface area contributed by atoms with Gasteiger partial charge in [0.1, 0.15) is 11.6 Å². The van der Waals surface area contributed by atoms with Crippen LogP contribution in [0.4, 0.5) is 8.78 Å². The summed E-state index contributed by atoms with van der Waals surface area (Å²) >= 11 is 0. The van der Waals surface area contributed by atoms with Crippen LogP contribution in [0.5, 0.6) is 0 Å². The Kier molecular flexibility index (Phi) is 4.21. The molecule has 0 radical (unpaired) electrons. The summed E-state index contributed by atoms with van der Waals surface area (Å²) in [7, 11) is 0. The summed E-state index contributed by atoms with van der Waals surface area (Å²) in [5, 5.41) is 0. The number of likely N-dealkylation sites (tertiary alicyclic amines) is 1. The fraction of sp³-hybridized carbons (Fsp3) is 0.600. The van der Waals surface area contributed by atoms with E-state index in [1.165, 1.54) is 25.0 Å². The van der Waals surface area contributed by atoms with Crippen molar-refractivity contribution in [2.75, 3.05) is 13.1 Å². The average Bonchev–Trinajstić information content (AvgIpc) is 2.90. The molecule has 0 aliphatic carbocycles. The van der Waals surface area contributed by atoms with Crippen molar-refractivity contribution in [2.24, 2.45) is 5.73 Å². The molecule has 2 rings (SSSR count). The van der Waals surface area contributed by atoms with Crippen LogP contribution in [-0.2, 0) is 0 Å². The zero-order chi connectivity index (χ0) is 14.0. The average molecular weight is 268 g/mol. The first-order valence-corrected chi connectivity index (χ1v) is 6.94. The van der Waals surface area contributed by atoms with Crippen LogP contribution >= 0.6 is 0 Å². The fourth-order valence-electron chi connectivity index (χ4n) is 2.98. The molecule has 0 amide bonds. The highest BCUT2D eigenvalue weighted by Crippen LogP contribution is 2.35. The van der Waals surface area contributed by atoms with Gasteiger partial charge in [-0.25, -0.2) is 8.78 Å². The molecule has 1 fully saturated rings. The molecular formula is C15H22F2N2. The van der Waals surface area contributed by atoms with Crippen molar-refractivity contribution in [1.82, 2.24) is 4.90 Å². The van der Waals surface area contributed by atoms with Crippen LogP contribution in [0, 0.1) is 11.6 Å². The molecule has 1 aliphatic heterocycles. The maximum Gasteiger partial charge on any atom is 0.126 e. The second-order valence-electron chi connectivity index (χ2n) is 5.59. The summed E-state index contributed by atoms with van der Waals surface area (Å²) in [5.74, 6) is -1.13. The lowest BCUT2D eigenvalue weighted by Gasteiger charge is -2.43. The van der Waals surface area contributed by atoms with Gasteiger partial charge in [0.05, 0.1) is 0 Å². The SMILES string of the molecule is CCC(C)(C(N)c1cc(F)cc(F)c1)N1CCCC1. The Hall–Kier alpha value is -1.00. The van der Waals surface area contributed by atoms with Crippen LogP contribution < -0.4 is 5.73 Å². The highest BCUT2D eigenvalue weighted by Gasteiger charge is 2.38. The van der Waals surface area contributed by atoms with E-state index in [1.807, 2.05) is 0 Å². The van der Waals surface area contributed by atoms with E-state index in [2.05, 4.69) is 18.7 Å². The molecule has 2 unspecified atom stereocenters. The van der Waals surface area contributed by atoms with E-state index in [4.69, 9.17) is 5.73 Å². The fourth-order valence-corrected chi connectivity index (χ4v) is 2.98. The number of halogens is 2. The number of nitrogens with two attached hydrogens (primary N) is 1. The van der Waals surface area contributed by atoms with Gasteiger partial charge in [-0.2, -0.15) is 0 Å². The molecule has 1 saturated heterocycles. The molecule has 2 nitrogen and oxygen atoms in total. The monoisotopic (exact) mass is 268 g/mol. The topological polar surface area (TPSA) is 29.3 Å². The predicted octanol–water partition coefficient (Wildman–Crippen LogP) is 3.23. The second-order valence-corrected chi connectivity index (χ2v) is 5.59. The quantitative estimate of drug-likeness (QED) is 0.908. The second kappa shape index (κ2) is 5.55. The van der Waals surface area contributed by atoms with Crippen LogP contribution in [0.3, 0.4) is 0 Å². The van der Waals surface area contributed by atoms with E-state index in [1.54, 1.807) is 0 Å². The van der Waals surface area contributed by atoms with Gasteiger partial charge >= 0.3 is 0 Å². The lowest BCUT2D eigenvalue weighted by atomic mass is 9.83. The van der Waals surface area contributed by atoms with E-state index >= 15 is 0 Å². The molecule has 1 heterocycles. The zero-order valence-corrected chi connectivity index (χ0v) is 11.6.